The van der Waals surface area contributed by atoms with Crippen molar-refractivity contribution in [1.29, 1.82) is 0 Å². The summed E-state index contributed by atoms with van der Waals surface area (Å²) in [5, 5.41) is 17.0. The number of imide groups is 1. The Hall–Kier alpha value is -2.19. The van der Waals surface area contributed by atoms with E-state index in [-0.39, 0.29) is 24.5 Å². The number of fused-ring (bicyclic) bond motifs is 1. The third-order valence-electron chi connectivity index (χ3n) is 5.58. The van der Waals surface area contributed by atoms with Crippen LogP contribution in [0.4, 0.5) is 0 Å². The predicted octanol–water partition coefficient (Wildman–Crippen LogP) is -0.00690. The Morgan fingerprint density at radius 1 is 1.40 bits per heavy atom. The van der Waals surface area contributed by atoms with Crippen LogP contribution in [0.15, 0.2) is 24.2 Å². The summed E-state index contributed by atoms with van der Waals surface area (Å²) < 4.78 is 6.66. The minimum absolute atomic E-state index is 0.128. The molecule has 2 aliphatic heterocycles. The number of hydrogen-bond acceptors (Lipinski definition) is 6. The van der Waals surface area contributed by atoms with E-state index in [0.717, 1.165) is 31.3 Å². The fourth-order valence-electron chi connectivity index (χ4n) is 4.45. The Bertz CT molecular complexity index is 743. The number of imidazole rings is 1. The molecule has 1 aromatic rings. The normalized spacial score (nSPS) is 34.5. The number of aliphatic hydroxyl groups is 1. The SMILES string of the molecule is COCn1ccnc1C1(O)C(=O)NC(=O)C1C1=CNC2CCCCC12. The number of nitrogens with zero attached hydrogens (tertiary/aromatic N) is 2. The van der Waals surface area contributed by atoms with Crippen LogP contribution in [0.1, 0.15) is 31.5 Å². The number of ether oxygens (including phenoxy) is 1. The van der Waals surface area contributed by atoms with Crippen molar-refractivity contribution in [2.75, 3.05) is 7.11 Å². The highest BCUT2D eigenvalue weighted by molar-refractivity contribution is 6.10. The van der Waals surface area contributed by atoms with Crippen molar-refractivity contribution in [2.45, 2.75) is 44.1 Å². The lowest BCUT2D eigenvalue weighted by molar-refractivity contribution is -0.140. The number of hydrogen-bond donors (Lipinski definition) is 3. The molecule has 0 bridgehead atoms. The molecular weight excluding hydrogens is 324 g/mol. The molecule has 25 heavy (non-hydrogen) atoms. The molecule has 4 atom stereocenters. The van der Waals surface area contributed by atoms with Gasteiger partial charge >= 0.3 is 0 Å². The van der Waals surface area contributed by atoms with E-state index in [1.807, 2.05) is 6.20 Å². The third-order valence-corrected chi connectivity index (χ3v) is 5.58. The van der Waals surface area contributed by atoms with Crippen LogP contribution in [-0.2, 0) is 26.7 Å². The summed E-state index contributed by atoms with van der Waals surface area (Å²) in [5.74, 6) is -1.89. The Labute approximate surface area is 145 Å². The summed E-state index contributed by atoms with van der Waals surface area (Å²) in [6.07, 6.45) is 9.14. The molecular formula is C17H22N4O4. The van der Waals surface area contributed by atoms with Gasteiger partial charge in [0.05, 0.1) is 0 Å². The molecule has 3 aliphatic rings. The summed E-state index contributed by atoms with van der Waals surface area (Å²) in [4.78, 5) is 29.3. The highest BCUT2D eigenvalue weighted by Gasteiger charge is 2.61. The van der Waals surface area contributed by atoms with Crippen LogP contribution in [0.2, 0.25) is 0 Å². The molecule has 1 saturated carbocycles. The molecule has 8 nitrogen and oxygen atoms in total. The number of methoxy groups -OCH3 is 1. The van der Waals surface area contributed by atoms with Gasteiger partial charge in [-0.3, -0.25) is 14.9 Å². The number of rotatable bonds is 4. The van der Waals surface area contributed by atoms with Gasteiger partial charge in [-0.2, -0.15) is 0 Å². The highest BCUT2D eigenvalue weighted by atomic mass is 16.5. The van der Waals surface area contributed by atoms with Crippen LogP contribution in [0, 0.1) is 11.8 Å². The second-order valence-electron chi connectivity index (χ2n) is 6.96. The Balaban J connectivity index is 1.76. The summed E-state index contributed by atoms with van der Waals surface area (Å²) in [5.41, 5.74) is -1.23. The van der Waals surface area contributed by atoms with Gasteiger partial charge in [-0.25, -0.2) is 4.98 Å². The van der Waals surface area contributed by atoms with Crippen molar-refractivity contribution >= 4 is 11.8 Å². The van der Waals surface area contributed by atoms with Crippen LogP contribution in [0.25, 0.3) is 0 Å². The van der Waals surface area contributed by atoms with Gasteiger partial charge in [0, 0.05) is 31.5 Å². The first-order valence-corrected chi connectivity index (χ1v) is 8.61. The number of nitrogens with one attached hydrogen (secondary N) is 2. The summed E-state index contributed by atoms with van der Waals surface area (Å²) in [7, 11) is 1.52. The van der Waals surface area contributed by atoms with Gasteiger partial charge in [-0.15, -0.1) is 0 Å². The molecule has 1 aromatic heterocycles. The van der Waals surface area contributed by atoms with Crippen molar-refractivity contribution in [3.63, 3.8) is 0 Å². The molecule has 4 unspecified atom stereocenters. The summed E-state index contributed by atoms with van der Waals surface area (Å²) in [6, 6.07) is 0.273. The second kappa shape index (κ2) is 5.96. The lowest BCUT2D eigenvalue weighted by Gasteiger charge is -2.32. The maximum absolute atomic E-state index is 12.6. The molecule has 2 amide bonds. The largest absolute Gasteiger partial charge is 0.388 e. The van der Waals surface area contributed by atoms with Gasteiger partial charge < -0.3 is 19.7 Å². The van der Waals surface area contributed by atoms with Crippen LogP contribution in [-0.4, -0.2) is 39.6 Å². The van der Waals surface area contributed by atoms with E-state index < -0.39 is 23.3 Å². The first-order chi connectivity index (χ1) is 12.1. The van der Waals surface area contributed by atoms with Gasteiger partial charge in [0.25, 0.3) is 5.91 Å². The molecule has 134 valence electrons. The number of aromatic nitrogens is 2. The average molecular weight is 346 g/mol. The van der Waals surface area contributed by atoms with Gasteiger partial charge in [0.1, 0.15) is 12.6 Å². The molecule has 3 N–H and O–H groups in total. The van der Waals surface area contributed by atoms with Gasteiger partial charge in [0.2, 0.25) is 11.5 Å². The van der Waals surface area contributed by atoms with Crippen molar-refractivity contribution in [2.24, 2.45) is 11.8 Å². The highest BCUT2D eigenvalue weighted by Crippen LogP contribution is 2.46. The molecule has 1 aliphatic carbocycles. The quantitative estimate of drug-likeness (QED) is 0.663. The maximum atomic E-state index is 12.6. The van der Waals surface area contributed by atoms with E-state index in [1.165, 1.54) is 13.3 Å². The van der Waals surface area contributed by atoms with Crippen molar-refractivity contribution in [3.05, 3.63) is 30.0 Å². The predicted molar refractivity (Wildman–Crippen MR) is 86.7 cm³/mol. The van der Waals surface area contributed by atoms with Crippen molar-refractivity contribution in [3.8, 4) is 0 Å². The third kappa shape index (κ3) is 2.31. The second-order valence-corrected chi connectivity index (χ2v) is 6.96. The summed E-state index contributed by atoms with van der Waals surface area (Å²) >= 11 is 0. The molecule has 3 heterocycles. The van der Waals surface area contributed by atoms with E-state index in [4.69, 9.17) is 4.74 Å². The lowest BCUT2D eigenvalue weighted by atomic mass is 9.73. The first kappa shape index (κ1) is 16.3. The zero-order chi connectivity index (χ0) is 17.6. The van der Waals surface area contributed by atoms with Crippen LogP contribution in [0.5, 0.6) is 0 Å². The van der Waals surface area contributed by atoms with Crippen LogP contribution in [0.3, 0.4) is 0 Å². The zero-order valence-corrected chi connectivity index (χ0v) is 14.1. The van der Waals surface area contributed by atoms with Crippen molar-refractivity contribution in [1.82, 2.24) is 20.2 Å². The molecule has 8 heteroatoms. The van der Waals surface area contributed by atoms with Gasteiger partial charge in [0.15, 0.2) is 5.82 Å². The molecule has 0 spiro atoms. The minimum Gasteiger partial charge on any atom is -0.388 e. The fraction of sp³-hybridized carbons (Fsp3) is 0.588. The van der Waals surface area contributed by atoms with E-state index in [9.17, 15) is 14.7 Å². The smallest absolute Gasteiger partial charge is 0.267 e. The Morgan fingerprint density at radius 2 is 2.20 bits per heavy atom. The van der Waals surface area contributed by atoms with Crippen LogP contribution >= 0.6 is 0 Å². The Morgan fingerprint density at radius 3 is 3.00 bits per heavy atom. The number of carbonyl (C=O) groups excluding carboxylic acids is 2. The number of amides is 2. The maximum Gasteiger partial charge on any atom is 0.267 e. The average Bonchev–Trinajstić information content (AvgIpc) is 3.27. The van der Waals surface area contributed by atoms with Crippen molar-refractivity contribution < 1.29 is 19.4 Å². The van der Waals surface area contributed by atoms with E-state index >= 15 is 0 Å². The monoisotopic (exact) mass is 346 g/mol. The molecule has 1 saturated heterocycles. The molecule has 0 aromatic carbocycles. The van der Waals surface area contributed by atoms with E-state index in [1.54, 1.807) is 10.8 Å². The molecule has 4 rings (SSSR count). The summed E-state index contributed by atoms with van der Waals surface area (Å²) in [6.45, 7) is 0.134. The molecule has 2 fully saturated rings. The topological polar surface area (TPSA) is 105 Å². The molecule has 0 radical (unpaired) electrons. The van der Waals surface area contributed by atoms with Gasteiger partial charge in [-0.05, 0) is 24.6 Å². The van der Waals surface area contributed by atoms with E-state index in [2.05, 4.69) is 15.6 Å². The fourth-order valence-corrected chi connectivity index (χ4v) is 4.45. The lowest BCUT2D eigenvalue weighted by Crippen LogP contribution is -2.44. The van der Waals surface area contributed by atoms with Crippen LogP contribution < -0.4 is 10.6 Å². The minimum atomic E-state index is -2.03. The number of carbonyl (C=O) groups is 2. The van der Waals surface area contributed by atoms with E-state index in [0.29, 0.717) is 0 Å². The Kier molecular flexibility index (Phi) is 3.88. The zero-order valence-electron chi connectivity index (χ0n) is 14.1. The van der Waals surface area contributed by atoms with Gasteiger partial charge in [-0.1, -0.05) is 12.8 Å². The first-order valence-electron chi connectivity index (χ1n) is 8.61. The standard InChI is InChI=1S/C17H22N4O4/c1-25-9-21-7-6-18-15(21)17(24)13(14(22)20-16(17)23)11-8-19-12-5-3-2-4-10(11)12/h6-8,10,12-13,19,24H,2-5,9H2,1H3,(H,20,22,23).